The zero-order valence-corrected chi connectivity index (χ0v) is 9.50. The van der Waals surface area contributed by atoms with Crippen LogP contribution in [0.2, 0.25) is 0 Å². The summed E-state index contributed by atoms with van der Waals surface area (Å²) in [5, 5.41) is 0. The highest BCUT2D eigenvalue weighted by atomic mass is 16.7. The van der Waals surface area contributed by atoms with Crippen LogP contribution >= 0.6 is 0 Å². The molecule has 1 aromatic rings. The van der Waals surface area contributed by atoms with Gasteiger partial charge in [-0.15, -0.1) is 0 Å². The Morgan fingerprint density at radius 1 is 1.47 bits per heavy atom. The second-order valence-corrected chi connectivity index (χ2v) is 4.43. The first kappa shape index (κ1) is 11.5. The van der Waals surface area contributed by atoms with E-state index in [4.69, 9.17) is 4.84 Å². The molecule has 0 aliphatic carbocycles. The van der Waals surface area contributed by atoms with Crippen molar-refractivity contribution in [1.82, 2.24) is 4.98 Å². The normalized spacial score (nSPS) is 10.9. The number of aromatic nitrogens is 1. The van der Waals surface area contributed by atoms with Gasteiger partial charge < -0.3 is 4.84 Å². The molecule has 0 saturated heterocycles. The summed E-state index contributed by atoms with van der Waals surface area (Å²) in [7, 11) is 0. The first-order chi connectivity index (χ1) is 6.91. The summed E-state index contributed by atoms with van der Waals surface area (Å²) in [5.41, 5.74) is 3.78. The Morgan fingerprint density at radius 2 is 2.13 bits per heavy atom. The standard InChI is InChI=1S/C11H16N2O2/c1-8-5-6-12-7-9(8)13-15-10(14)11(2,3)4/h5-7,13H,1-4H3. The summed E-state index contributed by atoms with van der Waals surface area (Å²) in [4.78, 5) is 20.3. The highest BCUT2D eigenvalue weighted by Crippen LogP contribution is 2.17. The van der Waals surface area contributed by atoms with Crippen LogP contribution in [0.4, 0.5) is 5.69 Å². The number of carbonyl (C=O) groups excluding carboxylic acids is 1. The summed E-state index contributed by atoms with van der Waals surface area (Å²) in [6, 6.07) is 1.84. The maximum absolute atomic E-state index is 11.4. The Morgan fingerprint density at radius 3 is 2.67 bits per heavy atom. The maximum Gasteiger partial charge on any atom is 0.337 e. The molecule has 0 aliphatic heterocycles. The third-order valence-electron chi connectivity index (χ3n) is 1.91. The molecule has 0 fully saturated rings. The Kier molecular flexibility index (Phi) is 3.29. The van der Waals surface area contributed by atoms with Gasteiger partial charge in [0.05, 0.1) is 17.3 Å². The molecular weight excluding hydrogens is 192 g/mol. The van der Waals surface area contributed by atoms with Crippen molar-refractivity contribution in [2.45, 2.75) is 27.7 Å². The van der Waals surface area contributed by atoms with Crippen LogP contribution in [-0.2, 0) is 9.63 Å². The van der Waals surface area contributed by atoms with E-state index in [9.17, 15) is 4.79 Å². The number of hydrogen-bond acceptors (Lipinski definition) is 4. The Balaban J connectivity index is 2.59. The van der Waals surface area contributed by atoms with Crippen molar-refractivity contribution < 1.29 is 9.63 Å². The van der Waals surface area contributed by atoms with Crippen molar-refractivity contribution in [1.29, 1.82) is 0 Å². The number of rotatable bonds is 2. The molecule has 1 heterocycles. The van der Waals surface area contributed by atoms with Crippen molar-refractivity contribution in [3.63, 3.8) is 0 Å². The zero-order valence-electron chi connectivity index (χ0n) is 9.50. The maximum atomic E-state index is 11.4. The molecule has 0 amide bonds. The Hall–Kier alpha value is -1.58. The van der Waals surface area contributed by atoms with Crippen LogP contribution in [0.5, 0.6) is 0 Å². The van der Waals surface area contributed by atoms with Crippen molar-refractivity contribution in [2.24, 2.45) is 5.41 Å². The quantitative estimate of drug-likeness (QED) is 0.758. The minimum absolute atomic E-state index is 0.300. The average molecular weight is 208 g/mol. The number of carbonyl (C=O) groups is 1. The Bertz CT molecular complexity index is 356. The number of pyridine rings is 1. The summed E-state index contributed by atoms with van der Waals surface area (Å²) in [6.45, 7) is 7.31. The second kappa shape index (κ2) is 4.29. The highest BCUT2D eigenvalue weighted by molar-refractivity contribution is 5.76. The van der Waals surface area contributed by atoms with Crippen LogP contribution in [0.1, 0.15) is 26.3 Å². The molecule has 15 heavy (non-hydrogen) atoms. The molecule has 1 rings (SSSR count). The summed E-state index contributed by atoms with van der Waals surface area (Å²) in [6.07, 6.45) is 3.30. The summed E-state index contributed by atoms with van der Waals surface area (Å²) < 4.78 is 0. The zero-order chi connectivity index (χ0) is 11.5. The van der Waals surface area contributed by atoms with Crippen LogP contribution < -0.4 is 5.48 Å². The molecule has 4 heteroatoms. The van der Waals surface area contributed by atoms with E-state index in [0.29, 0.717) is 5.69 Å². The summed E-state index contributed by atoms with van der Waals surface area (Å²) in [5.74, 6) is -0.300. The topological polar surface area (TPSA) is 51.2 Å². The lowest BCUT2D eigenvalue weighted by Crippen LogP contribution is -2.25. The smallest absolute Gasteiger partial charge is 0.337 e. The lowest BCUT2D eigenvalue weighted by Gasteiger charge is -2.17. The van der Waals surface area contributed by atoms with Gasteiger partial charge in [-0.25, -0.2) is 10.3 Å². The number of anilines is 1. The van der Waals surface area contributed by atoms with E-state index < -0.39 is 5.41 Å². The van der Waals surface area contributed by atoms with Gasteiger partial charge in [-0.2, -0.15) is 0 Å². The van der Waals surface area contributed by atoms with Gasteiger partial charge in [0.1, 0.15) is 0 Å². The van der Waals surface area contributed by atoms with E-state index in [1.807, 2.05) is 13.0 Å². The van der Waals surface area contributed by atoms with E-state index in [1.165, 1.54) is 0 Å². The van der Waals surface area contributed by atoms with Crippen molar-refractivity contribution >= 4 is 11.7 Å². The monoisotopic (exact) mass is 208 g/mol. The van der Waals surface area contributed by atoms with E-state index in [2.05, 4.69) is 10.5 Å². The number of nitrogens with one attached hydrogen (secondary N) is 1. The first-order valence-corrected chi connectivity index (χ1v) is 4.79. The molecule has 0 aromatic carbocycles. The van der Waals surface area contributed by atoms with E-state index in [1.54, 1.807) is 33.2 Å². The molecule has 0 atom stereocenters. The fourth-order valence-corrected chi connectivity index (χ4v) is 0.825. The highest BCUT2D eigenvalue weighted by Gasteiger charge is 2.23. The fraction of sp³-hybridized carbons (Fsp3) is 0.455. The number of aryl methyl sites for hydroxylation is 1. The van der Waals surface area contributed by atoms with Crippen molar-refractivity contribution in [2.75, 3.05) is 5.48 Å². The lowest BCUT2D eigenvalue weighted by atomic mass is 9.98. The minimum Gasteiger partial charge on any atom is -0.343 e. The van der Waals surface area contributed by atoms with E-state index in [-0.39, 0.29) is 5.97 Å². The molecule has 1 aromatic heterocycles. The first-order valence-electron chi connectivity index (χ1n) is 4.79. The fourth-order valence-electron chi connectivity index (χ4n) is 0.825. The molecule has 0 spiro atoms. The largest absolute Gasteiger partial charge is 0.343 e. The predicted molar refractivity (Wildman–Crippen MR) is 58.1 cm³/mol. The van der Waals surface area contributed by atoms with Crippen LogP contribution in [0.25, 0.3) is 0 Å². The van der Waals surface area contributed by atoms with Gasteiger partial charge in [-0.05, 0) is 39.3 Å². The van der Waals surface area contributed by atoms with Gasteiger partial charge in [0.15, 0.2) is 0 Å². The molecule has 0 saturated carbocycles. The minimum atomic E-state index is -0.511. The predicted octanol–water partition coefficient (Wildman–Crippen LogP) is 2.31. The van der Waals surface area contributed by atoms with Gasteiger partial charge in [0.25, 0.3) is 0 Å². The third-order valence-corrected chi connectivity index (χ3v) is 1.91. The molecular formula is C11H16N2O2. The van der Waals surface area contributed by atoms with Gasteiger partial charge >= 0.3 is 5.97 Å². The molecule has 0 bridgehead atoms. The van der Waals surface area contributed by atoms with Crippen LogP contribution in [-0.4, -0.2) is 11.0 Å². The van der Waals surface area contributed by atoms with Crippen molar-refractivity contribution in [3.8, 4) is 0 Å². The van der Waals surface area contributed by atoms with Crippen LogP contribution in [0, 0.1) is 12.3 Å². The molecule has 1 N–H and O–H groups in total. The molecule has 82 valence electrons. The SMILES string of the molecule is Cc1ccncc1NOC(=O)C(C)(C)C. The number of nitrogens with zero attached hydrogens (tertiary/aromatic N) is 1. The van der Waals surface area contributed by atoms with Gasteiger partial charge in [0.2, 0.25) is 0 Å². The molecule has 0 radical (unpaired) electrons. The average Bonchev–Trinajstić information content (AvgIpc) is 2.14. The van der Waals surface area contributed by atoms with Crippen LogP contribution in [0.3, 0.4) is 0 Å². The van der Waals surface area contributed by atoms with Gasteiger partial charge in [-0.3, -0.25) is 4.98 Å². The van der Waals surface area contributed by atoms with E-state index in [0.717, 1.165) is 5.56 Å². The van der Waals surface area contributed by atoms with E-state index >= 15 is 0 Å². The second-order valence-electron chi connectivity index (χ2n) is 4.43. The number of hydrogen-bond donors (Lipinski definition) is 1. The molecule has 4 nitrogen and oxygen atoms in total. The third kappa shape index (κ3) is 3.23. The van der Waals surface area contributed by atoms with Gasteiger partial charge in [0, 0.05) is 6.20 Å². The summed E-state index contributed by atoms with van der Waals surface area (Å²) >= 11 is 0. The van der Waals surface area contributed by atoms with Crippen molar-refractivity contribution in [3.05, 3.63) is 24.0 Å². The Labute approximate surface area is 89.6 Å². The van der Waals surface area contributed by atoms with Crippen LogP contribution in [0.15, 0.2) is 18.5 Å². The molecule has 0 unspecified atom stereocenters. The van der Waals surface area contributed by atoms with Gasteiger partial charge in [-0.1, -0.05) is 0 Å². The molecule has 0 aliphatic rings. The lowest BCUT2D eigenvalue weighted by molar-refractivity contribution is -0.149.